The van der Waals surface area contributed by atoms with Gasteiger partial charge < -0.3 is 14.6 Å². The van der Waals surface area contributed by atoms with E-state index in [1.54, 1.807) is 21.7 Å². The molecule has 22 heavy (non-hydrogen) atoms. The lowest BCUT2D eigenvalue weighted by Crippen LogP contribution is -2.36. The van der Waals surface area contributed by atoms with Gasteiger partial charge in [-0.15, -0.1) is 0 Å². The first kappa shape index (κ1) is 14.6. The first-order chi connectivity index (χ1) is 10.3. The Bertz CT molecular complexity index is 756. The maximum Gasteiger partial charge on any atom is 0.410 e. The minimum absolute atomic E-state index is 0.0799. The van der Waals surface area contributed by atoms with Crippen LogP contribution < -0.4 is 5.69 Å². The zero-order valence-corrected chi connectivity index (χ0v) is 13.0. The Balaban J connectivity index is 1.82. The third kappa shape index (κ3) is 2.70. The van der Waals surface area contributed by atoms with Crippen molar-refractivity contribution in [2.45, 2.75) is 38.8 Å². The van der Waals surface area contributed by atoms with Crippen LogP contribution in [0.1, 0.15) is 33.2 Å². The number of carbonyl (C=O) groups is 1. The quantitative estimate of drug-likeness (QED) is 0.872. The van der Waals surface area contributed by atoms with Gasteiger partial charge in [0.05, 0.1) is 11.6 Å². The maximum atomic E-state index is 12.2. The predicted octanol–water partition coefficient (Wildman–Crippen LogP) is 1.91. The number of nitrogens with zero attached hydrogens (tertiary/aromatic N) is 3. The van der Waals surface area contributed by atoms with Crippen molar-refractivity contribution in [1.29, 1.82) is 0 Å². The molecule has 1 atom stereocenters. The SMILES string of the molecule is CC(C)(C)OC(=O)N1CC[C@H](n2c(=O)[nH]c3cccnc32)C1. The molecule has 7 nitrogen and oxygen atoms in total. The van der Waals surface area contributed by atoms with Crippen LogP contribution in [-0.4, -0.2) is 44.2 Å². The summed E-state index contributed by atoms with van der Waals surface area (Å²) in [5.41, 5.74) is 0.630. The molecule has 0 spiro atoms. The lowest BCUT2D eigenvalue weighted by atomic mass is 10.2. The Morgan fingerprint density at radius 1 is 1.45 bits per heavy atom. The number of likely N-dealkylation sites (tertiary alicyclic amines) is 1. The van der Waals surface area contributed by atoms with E-state index in [2.05, 4.69) is 9.97 Å². The van der Waals surface area contributed by atoms with Crippen LogP contribution in [0.2, 0.25) is 0 Å². The largest absolute Gasteiger partial charge is 0.444 e. The molecule has 0 unspecified atom stereocenters. The second-order valence-electron chi connectivity index (χ2n) is 6.54. The fourth-order valence-corrected chi connectivity index (χ4v) is 2.74. The van der Waals surface area contributed by atoms with Gasteiger partial charge in [0, 0.05) is 19.3 Å². The number of aromatic nitrogens is 3. The number of hydrogen-bond donors (Lipinski definition) is 1. The van der Waals surface area contributed by atoms with Crippen LogP contribution in [0.5, 0.6) is 0 Å². The topological polar surface area (TPSA) is 80.2 Å². The smallest absolute Gasteiger partial charge is 0.410 e. The van der Waals surface area contributed by atoms with Crippen LogP contribution >= 0.6 is 0 Å². The first-order valence-corrected chi connectivity index (χ1v) is 7.38. The number of hydrogen-bond acceptors (Lipinski definition) is 4. The van der Waals surface area contributed by atoms with E-state index in [4.69, 9.17) is 4.74 Å². The summed E-state index contributed by atoms with van der Waals surface area (Å²) in [6, 6.07) is 3.52. The van der Waals surface area contributed by atoms with Crippen molar-refractivity contribution in [2.24, 2.45) is 0 Å². The molecule has 1 saturated heterocycles. The van der Waals surface area contributed by atoms with Crippen molar-refractivity contribution in [3.8, 4) is 0 Å². The lowest BCUT2D eigenvalue weighted by molar-refractivity contribution is 0.0289. The maximum absolute atomic E-state index is 12.2. The van der Waals surface area contributed by atoms with Crippen LogP contribution in [0.4, 0.5) is 4.79 Å². The monoisotopic (exact) mass is 304 g/mol. The molecule has 118 valence electrons. The molecule has 0 aliphatic carbocycles. The second kappa shape index (κ2) is 5.15. The number of aromatic amines is 1. The van der Waals surface area contributed by atoms with Crippen LogP contribution in [0, 0.1) is 0 Å². The molecular formula is C15H20N4O3. The Hall–Kier alpha value is -2.31. The summed E-state index contributed by atoms with van der Waals surface area (Å²) in [5, 5.41) is 0. The number of fused-ring (bicyclic) bond motifs is 1. The van der Waals surface area contributed by atoms with Crippen molar-refractivity contribution in [2.75, 3.05) is 13.1 Å². The van der Waals surface area contributed by atoms with Gasteiger partial charge >= 0.3 is 11.8 Å². The standard InChI is InChI=1S/C15H20N4O3/c1-15(2,3)22-14(21)18-8-6-10(9-18)19-12-11(17-13(19)20)5-4-7-16-12/h4-5,7,10H,6,8-9H2,1-3H3,(H,17,20)/t10-/m0/s1. The van der Waals surface area contributed by atoms with Gasteiger partial charge in [-0.25, -0.2) is 14.6 Å². The van der Waals surface area contributed by atoms with Gasteiger partial charge in [0.2, 0.25) is 0 Å². The van der Waals surface area contributed by atoms with E-state index in [0.29, 0.717) is 30.7 Å². The highest BCUT2D eigenvalue weighted by atomic mass is 16.6. The third-order valence-corrected chi connectivity index (χ3v) is 3.66. The van der Waals surface area contributed by atoms with Crippen molar-refractivity contribution in [3.05, 3.63) is 28.8 Å². The Morgan fingerprint density at radius 2 is 2.23 bits per heavy atom. The van der Waals surface area contributed by atoms with Crippen LogP contribution in [-0.2, 0) is 4.74 Å². The molecule has 3 heterocycles. The number of nitrogens with one attached hydrogen (secondary N) is 1. The van der Waals surface area contributed by atoms with E-state index in [9.17, 15) is 9.59 Å². The molecule has 0 bridgehead atoms. The van der Waals surface area contributed by atoms with E-state index in [1.165, 1.54) is 0 Å². The normalized spacial score (nSPS) is 18.9. The summed E-state index contributed by atoms with van der Waals surface area (Å²) in [7, 11) is 0. The molecule has 1 amide bonds. The molecule has 7 heteroatoms. The average molecular weight is 304 g/mol. The zero-order valence-electron chi connectivity index (χ0n) is 13.0. The third-order valence-electron chi connectivity index (χ3n) is 3.66. The molecule has 1 N–H and O–H groups in total. The molecule has 0 aromatic carbocycles. The molecule has 0 radical (unpaired) electrons. The summed E-state index contributed by atoms with van der Waals surface area (Å²) in [5.74, 6) is 0. The Labute approximate surface area is 127 Å². The highest BCUT2D eigenvalue weighted by molar-refractivity contribution is 5.71. The molecule has 3 rings (SSSR count). The molecule has 0 saturated carbocycles. The molecule has 1 aliphatic rings. The van der Waals surface area contributed by atoms with Gasteiger partial charge in [0.1, 0.15) is 5.60 Å². The molecular weight excluding hydrogens is 284 g/mol. The van der Waals surface area contributed by atoms with Gasteiger partial charge in [0.15, 0.2) is 5.65 Å². The summed E-state index contributed by atoms with van der Waals surface area (Å²) in [4.78, 5) is 33.0. The van der Waals surface area contributed by atoms with E-state index in [0.717, 1.165) is 0 Å². The summed E-state index contributed by atoms with van der Waals surface area (Å²) >= 11 is 0. The minimum atomic E-state index is -0.519. The molecule has 1 fully saturated rings. The number of amides is 1. The van der Waals surface area contributed by atoms with Gasteiger partial charge in [-0.3, -0.25) is 4.57 Å². The predicted molar refractivity (Wildman–Crippen MR) is 81.8 cm³/mol. The second-order valence-corrected chi connectivity index (χ2v) is 6.54. The van der Waals surface area contributed by atoms with E-state index >= 15 is 0 Å². The lowest BCUT2D eigenvalue weighted by Gasteiger charge is -2.24. The minimum Gasteiger partial charge on any atom is -0.444 e. The number of ether oxygens (including phenoxy) is 1. The van der Waals surface area contributed by atoms with E-state index in [-0.39, 0.29) is 17.8 Å². The summed E-state index contributed by atoms with van der Waals surface area (Å²) in [6.45, 7) is 6.55. The van der Waals surface area contributed by atoms with Crippen molar-refractivity contribution in [1.82, 2.24) is 19.4 Å². The number of imidazole rings is 1. The van der Waals surface area contributed by atoms with E-state index in [1.807, 2.05) is 26.8 Å². The molecule has 2 aromatic heterocycles. The number of carbonyl (C=O) groups excluding carboxylic acids is 1. The Kier molecular flexibility index (Phi) is 3.42. The fraction of sp³-hybridized carbons (Fsp3) is 0.533. The summed E-state index contributed by atoms with van der Waals surface area (Å²) in [6.07, 6.45) is 2.03. The highest BCUT2D eigenvalue weighted by Gasteiger charge is 2.32. The Morgan fingerprint density at radius 3 is 2.95 bits per heavy atom. The van der Waals surface area contributed by atoms with Crippen LogP contribution in [0.25, 0.3) is 11.2 Å². The fourth-order valence-electron chi connectivity index (χ4n) is 2.74. The average Bonchev–Trinajstić information content (AvgIpc) is 2.99. The van der Waals surface area contributed by atoms with Crippen molar-refractivity contribution in [3.63, 3.8) is 0 Å². The number of H-pyrrole nitrogens is 1. The zero-order chi connectivity index (χ0) is 15.9. The number of pyridine rings is 1. The first-order valence-electron chi connectivity index (χ1n) is 7.38. The van der Waals surface area contributed by atoms with Gasteiger partial charge in [-0.2, -0.15) is 0 Å². The van der Waals surface area contributed by atoms with Crippen LogP contribution in [0.3, 0.4) is 0 Å². The van der Waals surface area contributed by atoms with Gasteiger partial charge in [0.25, 0.3) is 0 Å². The summed E-state index contributed by atoms with van der Waals surface area (Å²) < 4.78 is 7.02. The highest BCUT2D eigenvalue weighted by Crippen LogP contribution is 2.24. The number of rotatable bonds is 1. The molecule has 1 aliphatic heterocycles. The molecule has 2 aromatic rings. The van der Waals surface area contributed by atoms with Crippen molar-refractivity contribution < 1.29 is 9.53 Å². The van der Waals surface area contributed by atoms with Crippen LogP contribution in [0.15, 0.2) is 23.1 Å². The van der Waals surface area contributed by atoms with Crippen molar-refractivity contribution >= 4 is 17.3 Å². The van der Waals surface area contributed by atoms with Gasteiger partial charge in [-0.1, -0.05) is 0 Å². The van der Waals surface area contributed by atoms with E-state index < -0.39 is 5.60 Å². The van der Waals surface area contributed by atoms with Gasteiger partial charge in [-0.05, 0) is 39.3 Å².